The van der Waals surface area contributed by atoms with Gasteiger partial charge in [0.2, 0.25) is 5.91 Å². The summed E-state index contributed by atoms with van der Waals surface area (Å²) in [5, 5.41) is 10.6. The van der Waals surface area contributed by atoms with Gasteiger partial charge in [-0.25, -0.2) is 0 Å². The van der Waals surface area contributed by atoms with E-state index in [-0.39, 0.29) is 37.5 Å². The molecule has 3 saturated heterocycles. The maximum atomic E-state index is 14.5. The van der Waals surface area contributed by atoms with Crippen molar-refractivity contribution in [2.24, 2.45) is 17.8 Å². The fourth-order valence-electron chi connectivity index (χ4n) is 6.61. The lowest BCUT2D eigenvalue weighted by atomic mass is 9.62. The van der Waals surface area contributed by atoms with Gasteiger partial charge in [-0.1, -0.05) is 43.7 Å². The van der Waals surface area contributed by atoms with Crippen molar-refractivity contribution in [1.29, 1.82) is 0 Å². The van der Waals surface area contributed by atoms with E-state index in [1.54, 1.807) is 37.3 Å². The largest absolute Gasteiger partial charge is 0.466 e. The molecule has 1 N–H and O–H groups in total. The van der Waals surface area contributed by atoms with Crippen LogP contribution in [0, 0.1) is 17.8 Å². The Balaban J connectivity index is 1.89. The van der Waals surface area contributed by atoms with E-state index in [9.17, 15) is 19.5 Å². The molecule has 2 amide bonds. The lowest BCUT2D eigenvalue weighted by Gasteiger charge is -2.39. The third-order valence-electron chi connectivity index (χ3n) is 8.32. The van der Waals surface area contributed by atoms with Crippen LogP contribution >= 0.6 is 11.6 Å². The highest BCUT2D eigenvalue weighted by Gasteiger charge is 2.80. The average Bonchev–Trinajstić information content (AvgIpc) is 3.36. The Morgan fingerprint density at radius 2 is 2.08 bits per heavy atom. The van der Waals surface area contributed by atoms with Crippen LogP contribution in [0.1, 0.15) is 40.5 Å². The second kappa shape index (κ2) is 9.80. The molecular weight excluding hydrogens is 484 g/mol. The molecule has 3 heterocycles. The minimum absolute atomic E-state index is 0.103. The zero-order chi connectivity index (χ0) is 26.4. The van der Waals surface area contributed by atoms with Gasteiger partial charge in [-0.3, -0.25) is 14.4 Å². The molecule has 0 radical (unpaired) electrons. The minimum Gasteiger partial charge on any atom is -0.466 e. The fraction of sp³-hybridized carbons (Fsp3) is 0.593. The first-order valence-electron chi connectivity index (χ1n) is 12.6. The fourth-order valence-corrected chi connectivity index (χ4v) is 6.85. The number of nitrogens with zero attached hydrogens (tertiary/aromatic N) is 2. The number of aliphatic hydroxyl groups is 1. The Hall–Kier alpha value is -2.42. The Morgan fingerprint density at radius 1 is 1.39 bits per heavy atom. The predicted molar refractivity (Wildman–Crippen MR) is 135 cm³/mol. The van der Waals surface area contributed by atoms with Crippen LogP contribution in [0.3, 0.4) is 0 Å². The van der Waals surface area contributed by atoms with Crippen molar-refractivity contribution in [3.63, 3.8) is 0 Å². The van der Waals surface area contributed by atoms with Gasteiger partial charge >= 0.3 is 5.97 Å². The van der Waals surface area contributed by atoms with Crippen molar-refractivity contribution in [3.05, 3.63) is 41.9 Å². The summed E-state index contributed by atoms with van der Waals surface area (Å²) in [6, 6.07) is 5.32. The summed E-state index contributed by atoms with van der Waals surface area (Å²) < 4.78 is 12.1. The van der Waals surface area contributed by atoms with Gasteiger partial charge in [0, 0.05) is 6.54 Å². The van der Waals surface area contributed by atoms with Gasteiger partial charge in [-0.05, 0) is 44.7 Å². The van der Waals surface area contributed by atoms with Crippen LogP contribution in [0.2, 0.25) is 5.02 Å². The number of anilines is 1. The van der Waals surface area contributed by atoms with Gasteiger partial charge < -0.3 is 24.4 Å². The molecule has 3 aliphatic heterocycles. The number of aliphatic hydroxyl groups excluding tert-OH is 1. The molecule has 1 spiro atoms. The van der Waals surface area contributed by atoms with Crippen molar-refractivity contribution in [1.82, 2.24) is 4.90 Å². The highest BCUT2D eigenvalue weighted by molar-refractivity contribution is 6.34. The van der Waals surface area contributed by atoms with Crippen molar-refractivity contribution < 1.29 is 29.0 Å². The zero-order valence-corrected chi connectivity index (χ0v) is 22.0. The normalized spacial score (nSPS) is 33.4. The summed E-state index contributed by atoms with van der Waals surface area (Å²) in [6.07, 6.45) is 2.45. The molecule has 3 aliphatic rings. The topological polar surface area (TPSA) is 96.4 Å². The molecule has 3 unspecified atom stereocenters. The Morgan fingerprint density at radius 3 is 2.67 bits per heavy atom. The van der Waals surface area contributed by atoms with E-state index in [1.807, 2.05) is 20.8 Å². The number of hydrogen-bond donors (Lipinski definition) is 1. The summed E-state index contributed by atoms with van der Waals surface area (Å²) in [4.78, 5) is 44.8. The molecule has 36 heavy (non-hydrogen) atoms. The number of halogens is 1. The standard InChI is InChI=1S/C27H35ClN2O6/c1-6-13-29(19-12-10-9-11-18(19)28)24(33)22-27-14-16(4)26(5,36-27)21(25(34)35-8-3)20(27)23(32)30(22)17(7-2)15-31/h6,9-12,16-17,20-22,31H,1,7-8,13-15H2,2-5H3/t16?,17-,20-,21+,22?,26-,27?/m0/s1. The van der Waals surface area contributed by atoms with Gasteiger partial charge in [0.1, 0.15) is 17.6 Å². The van der Waals surface area contributed by atoms with Gasteiger partial charge in [0.05, 0.1) is 41.5 Å². The number of likely N-dealkylation sites (tertiary alicyclic amines) is 1. The monoisotopic (exact) mass is 518 g/mol. The van der Waals surface area contributed by atoms with E-state index in [0.29, 0.717) is 23.6 Å². The Kier molecular flexibility index (Phi) is 7.25. The molecule has 3 fully saturated rings. The quantitative estimate of drug-likeness (QED) is 0.398. The Labute approximate surface area is 217 Å². The van der Waals surface area contributed by atoms with E-state index in [2.05, 4.69) is 6.58 Å². The average molecular weight is 519 g/mol. The van der Waals surface area contributed by atoms with E-state index in [4.69, 9.17) is 21.1 Å². The highest BCUT2D eigenvalue weighted by Crippen LogP contribution is 2.65. The summed E-state index contributed by atoms with van der Waals surface area (Å²) >= 11 is 6.48. The van der Waals surface area contributed by atoms with Crippen LogP contribution < -0.4 is 4.90 Å². The molecule has 1 aromatic rings. The zero-order valence-electron chi connectivity index (χ0n) is 21.3. The van der Waals surface area contributed by atoms with Crippen LogP contribution in [0.25, 0.3) is 0 Å². The van der Waals surface area contributed by atoms with Gasteiger partial charge in [0.15, 0.2) is 0 Å². The molecule has 0 aromatic heterocycles. The summed E-state index contributed by atoms with van der Waals surface area (Å²) in [7, 11) is 0. The lowest BCUT2D eigenvalue weighted by Crippen LogP contribution is -2.59. The first-order chi connectivity index (χ1) is 17.1. The van der Waals surface area contributed by atoms with Gasteiger partial charge in [-0.2, -0.15) is 0 Å². The third-order valence-corrected chi connectivity index (χ3v) is 8.64. The lowest BCUT2D eigenvalue weighted by molar-refractivity contribution is -0.162. The molecule has 4 rings (SSSR count). The highest BCUT2D eigenvalue weighted by atomic mass is 35.5. The maximum absolute atomic E-state index is 14.5. The number of amides is 2. The second-order valence-corrected chi connectivity index (χ2v) is 10.5. The van der Waals surface area contributed by atoms with E-state index < -0.39 is 41.1 Å². The number of para-hydroxylation sites is 1. The SMILES string of the molecule is C=CCN(C(=O)C1N([C@@H](CC)CO)C(=O)[C@@H]2[C@H](C(=O)OCC)[C@@]3(C)OC12CC3C)c1ccccc1Cl. The summed E-state index contributed by atoms with van der Waals surface area (Å²) in [5.41, 5.74) is -1.70. The van der Waals surface area contributed by atoms with Crippen LogP contribution in [0.5, 0.6) is 0 Å². The molecule has 1 aromatic carbocycles. The first-order valence-corrected chi connectivity index (χ1v) is 13.0. The number of fused-ring (bicyclic) bond motifs is 1. The Bertz CT molecular complexity index is 1060. The van der Waals surface area contributed by atoms with E-state index >= 15 is 0 Å². The van der Waals surface area contributed by atoms with Gasteiger partial charge in [-0.15, -0.1) is 6.58 Å². The third kappa shape index (κ3) is 3.68. The molecule has 0 saturated carbocycles. The van der Waals surface area contributed by atoms with Crippen LogP contribution in [0.4, 0.5) is 5.69 Å². The van der Waals surface area contributed by atoms with Crippen LogP contribution in [-0.2, 0) is 23.9 Å². The first kappa shape index (κ1) is 26.6. The molecule has 9 heteroatoms. The summed E-state index contributed by atoms with van der Waals surface area (Å²) in [6.45, 7) is 11.2. The van der Waals surface area contributed by atoms with Crippen molar-refractivity contribution >= 4 is 35.1 Å². The summed E-state index contributed by atoms with van der Waals surface area (Å²) in [5.74, 6) is -3.07. The molecular formula is C27H35ClN2O6. The predicted octanol–water partition coefficient (Wildman–Crippen LogP) is 3.20. The number of ether oxygens (including phenoxy) is 2. The van der Waals surface area contributed by atoms with Crippen molar-refractivity contribution in [2.45, 2.75) is 63.8 Å². The van der Waals surface area contributed by atoms with Gasteiger partial charge in [0.25, 0.3) is 5.91 Å². The van der Waals surface area contributed by atoms with Crippen LogP contribution in [0.15, 0.2) is 36.9 Å². The maximum Gasteiger partial charge on any atom is 0.312 e. The van der Waals surface area contributed by atoms with Crippen molar-refractivity contribution in [2.75, 3.05) is 24.7 Å². The van der Waals surface area contributed by atoms with E-state index in [1.165, 1.54) is 9.80 Å². The molecule has 196 valence electrons. The van der Waals surface area contributed by atoms with Crippen LogP contribution in [-0.4, -0.2) is 70.8 Å². The molecule has 7 atom stereocenters. The minimum atomic E-state index is -1.23. The van der Waals surface area contributed by atoms with E-state index in [0.717, 1.165) is 0 Å². The number of hydrogen-bond acceptors (Lipinski definition) is 6. The number of carbonyl (C=O) groups is 3. The number of benzene rings is 1. The number of carbonyl (C=O) groups excluding carboxylic acids is 3. The molecule has 2 bridgehead atoms. The number of rotatable bonds is 9. The van der Waals surface area contributed by atoms with Crippen molar-refractivity contribution in [3.8, 4) is 0 Å². The molecule has 8 nitrogen and oxygen atoms in total. The second-order valence-electron chi connectivity index (χ2n) is 10.1. The molecule has 0 aliphatic carbocycles. The number of esters is 1. The smallest absolute Gasteiger partial charge is 0.312 e.